The lowest BCUT2D eigenvalue weighted by Gasteiger charge is -2.36. The number of benzene rings is 1. The largest absolute Gasteiger partial charge is 0.495 e. The van der Waals surface area contributed by atoms with Crippen LogP contribution in [0, 0.1) is 24.7 Å². The zero-order chi connectivity index (χ0) is 29.9. The van der Waals surface area contributed by atoms with Gasteiger partial charge in [0.05, 0.1) is 25.8 Å². The van der Waals surface area contributed by atoms with E-state index in [1.807, 2.05) is 36.1 Å². The second kappa shape index (κ2) is 12.9. The van der Waals surface area contributed by atoms with Crippen molar-refractivity contribution in [2.75, 3.05) is 25.7 Å². The molecule has 0 spiro atoms. The van der Waals surface area contributed by atoms with Gasteiger partial charge in [-0.15, -0.1) is 0 Å². The summed E-state index contributed by atoms with van der Waals surface area (Å²) in [5, 5.41) is 0. The number of amides is 1. The summed E-state index contributed by atoms with van der Waals surface area (Å²) in [6, 6.07) is 12.3. The Morgan fingerprint density at radius 3 is 2.28 bits per heavy atom. The molecule has 3 fully saturated rings. The normalized spacial score (nSPS) is 23.9. The van der Waals surface area contributed by atoms with Gasteiger partial charge in [0.1, 0.15) is 17.7 Å². The fourth-order valence-corrected chi connectivity index (χ4v) is 6.97. The molecule has 43 heavy (non-hydrogen) atoms. The van der Waals surface area contributed by atoms with E-state index < -0.39 is 0 Å². The lowest BCUT2D eigenvalue weighted by atomic mass is 9.79. The van der Waals surface area contributed by atoms with Crippen LogP contribution in [0.25, 0.3) is 11.3 Å². The van der Waals surface area contributed by atoms with Crippen LogP contribution in [-0.4, -0.2) is 42.6 Å². The van der Waals surface area contributed by atoms with Crippen LogP contribution in [0.5, 0.6) is 5.75 Å². The summed E-state index contributed by atoms with van der Waals surface area (Å²) in [6.45, 7) is 2.68. The molecule has 0 unspecified atom stereocenters. The number of esters is 1. The molecule has 0 saturated heterocycles. The SMILES string of the molecule is COC(=O)C1CCC(C(=O)N(CC2CCC(c3ccc(OC)c(C)n3)CC2)c2cccc(-c3coc(C4CC4)n3)c2)CC1. The summed E-state index contributed by atoms with van der Waals surface area (Å²) in [5.74, 6) is 2.71. The first-order valence-corrected chi connectivity index (χ1v) is 15.9. The Balaban J connectivity index is 1.19. The average Bonchev–Trinajstić information content (AvgIpc) is 3.79. The molecule has 3 saturated carbocycles. The van der Waals surface area contributed by atoms with Crippen LogP contribution >= 0.6 is 0 Å². The molecule has 0 radical (unpaired) electrons. The number of ether oxygens (including phenoxy) is 2. The van der Waals surface area contributed by atoms with Crippen LogP contribution in [0.2, 0.25) is 0 Å². The van der Waals surface area contributed by atoms with Crippen molar-refractivity contribution in [3.8, 4) is 17.0 Å². The number of hydrogen-bond acceptors (Lipinski definition) is 7. The summed E-state index contributed by atoms with van der Waals surface area (Å²) in [4.78, 5) is 37.9. The maximum absolute atomic E-state index is 14.2. The molecule has 228 valence electrons. The topological polar surface area (TPSA) is 94.8 Å². The van der Waals surface area contributed by atoms with Gasteiger partial charge in [-0.2, -0.15) is 0 Å². The van der Waals surface area contributed by atoms with Crippen molar-refractivity contribution in [3.05, 3.63) is 59.9 Å². The van der Waals surface area contributed by atoms with Crippen molar-refractivity contribution in [1.29, 1.82) is 0 Å². The molecule has 3 aromatic rings. The smallest absolute Gasteiger partial charge is 0.308 e. The number of methoxy groups -OCH3 is 2. The van der Waals surface area contributed by atoms with Gasteiger partial charge < -0.3 is 18.8 Å². The Hall–Kier alpha value is -3.68. The Labute approximate surface area is 254 Å². The quantitative estimate of drug-likeness (QED) is 0.245. The molecule has 3 aliphatic carbocycles. The van der Waals surface area contributed by atoms with Gasteiger partial charge in [-0.05, 0) is 101 Å². The molecule has 0 aliphatic heterocycles. The van der Waals surface area contributed by atoms with Gasteiger partial charge >= 0.3 is 5.97 Å². The van der Waals surface area contributed by atoms with Gasteiger partial charge in [0.25, 0.3) is 0 Å². The van der Waals surface area contributed by atoms with Gasteiger partial charge in [-0.25, -0.2) is 4.98 Å². The van der Waals surface area contributed by atoms with E-state index in [0.717, 1.165) is 78.5 Å². The number of aryl methyl sites for hydroxylation is 1. The minimum Gasteiger partial charge on any atom is -0.495 e. The van der Waals surface area contributed by atoms with E-state index in [9.17, 15) is 9.59 Å². The molecule has 2 heterocycles. The summed E-state index contributed by atoms with van der Waals surface area (Å²) < 4.78 is 16.2. The van der Waals surface area contributed by atoms with E-state index in [-0.39, 0.29) is 23.7 Å². The number of carbonyl (C=O) groups is 2. The number of pyridine rings is 1. The molecule has 0 atom stereocenters. The third-order valence-corrected chi connectivity index (χ3v) is 9.76. The molecule has 2 aromatic heterocycles. The summed E-state index contributed by atoms with van der Waals surface area (Å²) in [5.41, 5.74) is 4.75. The molecule has 1 aromatic carbocycles. The lowest BCUT2D eigenvalue weighted by Crippen LogP contribution is -2.42. The highest BCUT2D eigenvalue weighted by molar-refractivity contribution is 5.95. The third kappa shape index (κ3) is 6.63. The predicted octanol–water partition coefficient (Wildman–Crippen LogP) is 7.22. The fourth-order valence-electron chi connectivity index (χ4n) is 6.97. The lowest BCUT2D eigenvalue weighted by molar-refractivity contribution is -0.147. The zero-order valence-electron chi connectivity index (χ0n) is 25.6. The molecule has 6 rings (SSSR count). The highest BCUT2D eigenvalue weighted by Crippen LogP contribution is 2.41. The van der Waals surface area contributed by atoms with E-state index in [2.05, 4.69) is 12.1 Å². The third-order valence-electron chi connectivity index (χ3n) is 9.76. The maximum atomic E-state index is 14.2. The summed E-state index contributed by atoms with van der Waals surface area (Å²) >= 11 is 0. The van der Waals surface area contributed by atoms with Crippen LogP contribution in [0.1, 0.15) is 93.3 Å². The summed E-state index contributed by atoms with van der Waals surface area (Å²) in [7, 11) is 3.12. The maximum Gasteiger partial charge on any atom is 0.308 e. The van der Waals surface area contributed by atoms with Gasteiger partial charge in [-0.1, -0.05) is 12.1 Å². The van der Waals surface area contributed by atoms with Gasteiger partial charge in [0, 0.05) is 41.2 Å². The molecular weight excluding hydrogens is 542 g/mol. The number of oxazole rings is 1. The van der Waals surface area contributed by atoms with Crippen LogP contribution in [0.3, 0.4) is 0 Å². The minimum absolute atomic E-state index is 0.0964. The van der Waals surface area contributed by atoms with Gasteiger partial charge in [0.2, 0.25) is 5.91 Å². The van der Waals surface area contributed by atoms with Crippen molar-refractivity contribution >= 4 is 17.6 Å². The first-order valence-electron chi connectivity index (χ1n) is 15.9. The Bertz CT molecular complexity index is 1430. The Kier molecular flexibility index (Phi) is 8.82. The molecule has 8 nitrogen and oxygen atoms in total. The number of carbonyl (C=O) groups excluding carboxylic acids is 2. The van der Waals surface area contributed by atoms with Crippen LogP contribution in [-0.2, 0) is 14.3 Å². The number of anilines is 1. The van der Waals surface area contributed by atoms with Gasteiger partial charge in [0.15, 0.2) is 5.89 Å². The van der Waals surface area contributed by atoms with Crippen molar-refractivity contribution in [2.24, 2.45) is 17.8 Å². The molecule has 0 N–H and O–H groups in total. The minimum atomic E-state index is -0.160. The molecular formula is C35H43N3O5. The first kappa shape index (κ1) is 29.4. The molecule has 0 bridgehead atoms. The van der Waals surface area contributed by atoms with E-state index in [4.69, 9.17) is 23.9 Å². The van der Waals surface area contributed by atoms with Crippen LogP contribution < -0.4 is 9.64 Å². The van der Waals surface area contributed by atoms with E-state index >= 15 is 0 Å². The number of nitrogens with zero attached hydrogens (tertiary/aromatic N) is 3. The molecule has 8 heteroatoms. The second-order valence-electron chi connectivity index (χ2n) is 12.7. The average molecular weight is 586 g/mol. The zero-order valence-corrected chi connectivity index (χ0v) is 25.6. The predicted molar refractivity (Wildman–Crippen MR) is 164 cm³/mol. The van der Waals surface area contributed by atoms with Crippen molar-refractivity contribution < 1.29 is 23.5 Å². The molecule has 3 aliphatic rings. The van der Waals surface area contributed by atoms with E-state index in [1.54, 1.807) is 13.4 Å². The highest BCUT2D eigenvalue weighted by atomic mass is 16.5. The monoisotopic (exact) mass is 585 g/mol. The Morgan fingerprint density at radius 1 is 0.884 bits per heavy atom. The van der Waals surface area contributed by atoms with Crippen molar-refractivity contribution in [3.63, 3.8) is 0 Å². The standard InChI is InChI=1S/C35H43N3O5/c1-22-32(41-2)18-17-30(36-22)24-9-7-23(8-10-24)20-38(34(39)26-13-15-27(16-14-26)35(40)42-3)29-6-4-5-28(19-29)31-21-43-33(37-31)25-11-12-25/h4-6,17-19,21,23-27H,7-16,20H2,1-3H3. The van der Waals surface area contributed by atoms with E-state index in [0.29, 0.717) is 50.0 Å². The highest BCUT2D eigenvalue weighted by Gasteiger charge is 2.35. The van der Waals surface area contributed by atoms with Crippen LogP contribution in [0.4, 0.5) is 5.69 Å². The van der Waals surface area contributed by atoms with Crippen molar-refractivity contribution in [2.45, 2.75) is 83.0 Å². The fraction of sp³-hybridized carbons (Fsp3) is 0.543. The molecule has 1 amide bonds. The Morgan fingerprint density at radius 2 is 1.60 bits per heavy atom. The van der Waals surface area contributed by atoms with E-state index in [1.165, 1.54) is 7.11 Å². The van der Waals surface area contributed by atoms with Crippen molar-refractivity contribution in [1.82, 2.24) is 9.97 Å². The van der Waals surface area contributed by atoms with Gasteiger partial charge in [-0.3, -0.25) is 14.6 Å². The first-order chi connectivity index (χ1) is 20.9. The summed E-state index contributed by atoms with van der Waals surface area (Å²) in [6.07, 6.45) is 11.0. The second-order valence-corrected chi connectivity index (χ2v) is 12.7. The number of rotatable bonds is 9. The number of hydrogen-bond donors (Lipinski definition) is 0. The van der Waals surface area contributed by atoms with Crippen LogP contribution in [0.15, 0.2) is 47.1 Å². The number of aromatic nitrogens is 2.